The summed E-state index contributed by atoms with van der Waals surface area (Å²) in [4.78, 5) is 2.81. The second-order valence-electron chi connectivity index (χ2n) is 6.38. The van der Waals surface area contributed by atoms with Crippen LogP contribution < -0.4 is 0 Å². The van der Waals surface area contributed by atoms with Crippen LogP contribution in [-0.2, 0) is 27.4 Å². The van der Waals surface area contributed by atoms with Crippen molar-refractivity contribution in [1.29, 1.82) is 0 Å². The first-order valence-electron chi connectivity index (χ1n) is 8.89. The number of aliphatic hydroxyl groups is 1. The van der Waals surface area contributed by atoms with E-state index in [0.29, 0.717) is 13.2 Å². The number of azide groups is 1. The van der Waals surface area contributed by atoms with Crippen molar-refractivity contribution in [3.8, 4) is 0 Å². The van der Waals surface area contributed by atoms with Crippen LogP contribution >= 0.6 is 0 Å². The lowest BCUT2D eigenvalue weighted by Crippen LogP contribution is -2.56. The smallest absolute Gasteiger partial charge is 0.115 e. The van der Waals surface area contributed by atoms with Crippen LogP contribution in [0.3, 0.4) is 0 Å². The summed E-state index contributed by atoms with van der Waals surface area (Å²) in [6.45, 7) is 0.922. The van der Waals surface area contributed by atoms with Crippen LogP contribution in [0.2, 0.25) is 0 Å². The highest BCUT2D eigenvalue weighted by atomic mass is 16.6. The summed E-state index contributed by atoms with van der Waals surface area (Å²) in [5.74, 6) is 0. The van der Waals surface area contributed by atoms with Gasteiger partial charge in [-0.25, -0.2) is 0 Å². The second-order valence-corrected chi connectivity index (χ2v) is 6.38. The molecule has 0 unspecified atom stereocenters. The molecule has 3 rings (SSSR count). The van der Waals surface area contributed by atoms with E-state index in [4.69, 9.17) is 19.7 Å². The highest BCUT2D eigenvalue weighted by Crippen LogP contribution is 2.24. The van der Waals surface area contributed by atoms with E-state index in [9.17, 15) is 5.11 Å². The molecule has 1 N–H and O–H groups in total. The van der Waals surface area contributed by atoms with Crippen molar-refractivity contribution in [1.82, 2.24) is 0 Å². The Morgan fingerprint density at radius 2 is 1.52 bits per heavy atom. The molecular formula is C20H23N3O4. The van der Waals surface area contributed by atoms with E-state index < -0.39 is 24.4 Å². The lowest BCUT2D eigenvalue weighted by molar-refractivity contribution is -0.222. The van der Waals surface area contributed by atoms with Crippen molar-refractivity contribution in [3.05, 3.63) is 82.2 Å². The molecule has 0 saturated carbocycles. The predicted octanol–water partition coefficient (Wildman–Crippen LogP) is 3.23. The molecule has 1 aliphatic rings. The maximum Gasteiger partial charge on any atom is 0.115 e. The lowest BCUT2D eigenvalue weighted by atomic mass is 9.99. The van der Waals surface area contributed by atoms with Crippen LogP contribution in [0.15, 0.2) is 65.8 Å². The first kappa shape index (κ1) is 19.4. The molecule has 0 bridgehead atoms. The van der Waals surface area contributed by atoms with Crippen molar-refractivity contribution in [3.63, 3.8) is 0 Å². The van der Waals surface area contributed by atoms with Crippen LogP contribution in [0.4, 0.5) is 0 Å². The number of hydrogen-bond acceptors (Lipinski definition) is 5. The predicted molar refractivity (Wildman–Crippen MR) is 99.8 cm³/mol. The van der Waals surface area contributed by atoms with Gasteiger partial charge < -0.3 is 19.3 Å². The van der Waals surface area contributed by atoms with E-state index in [1.165, 1.54) is 0 Å². The van der Waals surface area contributed by atoms with E-state index in [2.05, 4.69) is 10.0 Å². The molecule has 7 nitrogen and oxygen atoms in total. The molecule has 0 spiro atoms. The number of rotatable bonds is 8. The highest BCUT2D eigenvalue weighted by Gasteiger charge is 2.41. The van der Waals surface area contributed by atoms with Gasteiger partial charge in [-0.2, -0.15) is 0 Å². The van der Waals surface area contributed by atoms with Gasteiger partial charge in [0, 0.05) is 4.91 Å². The Morgan fingerprint density at radius 1 is 0.963 bits per heavy atom. The SMILES string of the molecule is [N-]=[N+]=NC[C@H]1OC[C@H](O)[C@@H](OCc2ccccc2)[C@H]1OCc1ccccc1. The Morgan fingerprint density at radius 3 is 2.07 bits per heavy atom. The minimum Gasteiger partial charge on any atom is -0.388 e. The summed E-state index contributed by atoms with van der Waals surface area (Å²) in [5.41, 5.74) is 10.6. The number of ether oxygens (including phenoxy) is 3. The largest absolute Gasteiger partial charge is 0.388 e. The van der Waals surface area contributed by atoms with E-state index >= 15 is 0 Å². The standard InChI is InChI=1S/C20H23N3O4/c21-23-22-11-18-20(27-13-16-9-5-2-6-10-16)19(17(24)14-25-18)26-12-15-7-3-1-4-8-15/h1-10,17-20,24H,11-14H2/t17-,18+,19+,20-/m0/s1. The molecule has 2 aromatic rings. The summed E-state index contributed by atoms with van der Waals surface area (Å²) in [6.07, 6.45) is -2.43. The zero-order chi connectivity index (χ0) is 18.9. The molecule has 27 heavy (non-hydrogen) atoms. The maximum atomic E-state index is 10.4. The minimum absolute atomic E-state index is 0.107. The van der Waals surface area contributed by atoms with Crippen LogP contribution in [0.1, 0.15) is 11.1 Å². The topological polar surface area (TPSA) is 96.7 Å². The average Bonchev–Trinajstić information content (AvgIpc) is 2.72. The summed E-state index contributed by atoms with van der Waals surface area (Å²) in [5, 5.41) is 14.0. The number of hydrogen-bond donors (Lipinski definition) is 1. The fourth-order valence-electron chi connectivity index (χ4n) is 3.06. The molecular weight excluding hydrogens is 346 g/mol. The van der Waals surface area contributed by atoms with Crippen molar-refractivity contribution >= 4 is 0 Å². The first-order valence-corrected chi connectivity index (χ1v) is 8.89. The third-order valence-corrected chi connectivity index (χ3v) is 4.45. The van der Waals surface area contributed by atoms with Gasteiger partial charge in [0.25, 0.3) is 0 Å². The third kappa shape index (κ3) is 5.53. The highest BCUT2D eigenvalue weighted by molar-refractivity contribution is 5.14. The molecule has 0 aliphatic carbocycles. The van der Waals surface area contributed by atoms with Gasteiger partial charge in [-0.05, 0) is 16.7 Å². The Balaban J connectivity index is 1.71. The fraction of sp³-hybridized carbons (Fsp3) is 0.400. The molecule has 1 fully saturated rings. The van der Waals surface area contributed by atoms with E-state index in [0.717, 1.165) is 11.1 Å². The van der Waals surface area contributed by atoms with Gasteiger partial charge in [0.2, 0.25) is 0 Å². The summed E-state index contributed by atoms with van der Waals surface area (Å²) >= 11 is 0. The van der Waals surface area contributed by atoms with Crippen LogP contribution in [0, 0.1) is 0 Å². The van der Waals surface area contributed by atoms with Crippen molar-refractivity contribution in [2.75, 3.05) is 13.2 Å². The molecule has 0 radical (unpaired) electrons. The molecule has 1 saturated heterocycles. The van der Waals surface area contributed by atoms with Crippen LogP contribution in [0.5, 0.6) is 0 Å². The second kappa shape index (κ2) is 10.1. The molecule has 142 valence electrons. The molecule has 2 aromatic carbocycles. The Labute approximate surface area is 158 Å². The van der Waals surface area contributed by atoms with Gasteiger partial charge >= 0.3 is 0 Å². The fourth-order valence-corrected chi connectivity index (χ4v) is 3.06. The van der Waals surface area contributed by atoms with E-state index in [1.807, 2.05) is 60.7 Å². The molecule has 4 atom stereocenters. The van der Waals surface area contributed by atoms with Gasteiger partial charge in [-0.3, -0.25) is 0 Å². The van der Waals surface area contributed by atoms with Gasteiger partial charge in [0.1, 0.15) is 18.3 Å². The molecule has 1 heterocycles. The van der Waals surface area contributed by atoms with Crippen molar-refractivity contribution in [2.45, 2.75) is 37.6 Å². The zero-order valence-corrected chi connectivity index (χ0v) is 14.9. The van der Waals surface area contributed by atoms with Crippen LogP contribution in [-0.4, -0.2) is 42.7 Å². The van der Waals surface area contributed by atoms with E-state index in [1.54, 1.807) is 0 Å². The number of benzene rings is 2. The summed E-state index contributed by atoms with van der Waals surface area (Å²) in [7, 11) is 0. The van der Waals surface area contributed by atoms with Gasteiger partial charge in [-0.15, -0.1) is 0 Å². The monoisotopic (exact) mass is 369 g/mol. The molecule has 7 heteroatoms. The van der Waals surface area contributed by atoms with Crippen molar-refractivity contribution < 1.29 is 19.3 Å². The molecule has 1 aliphatic heterocycles. The quantitative estimate of drug-likeness (QED) is 0.439. The maximum absolute atomic E-state index is 10.4. The van der Waals surface area contributed by atoms with Crippen LogP contribution in [0.25, 0.3) is 10.4 Å². The zero-order valence-electron chi connectivity index (χ0n) is 14.9. The normalized spacial score (nSPS) is 24.9. The molecule has 0 aromatic heterocycles. The van der Waals surface area contributed by atoms with Gasteiger partial charge in [-0.1, -0.05) is 65.8 Å². The lowest BCUT2D eigenvalue weighted by Gasteiger charge is -2.40. The minimum atomic E-state index is -0.822. The Bertz CT molecular complexity index is 737. The Kier molecular flexibility index (Phi) is 7.21. The van der Waals surface area contributed by atoms with E-state index in [-0.39, 0.29) is 13.2 Å². The average molecular weight is 369 g/mol. The number of nitrogens with zero attached hydrogens (tertiary/aromatic N) is 3. The summed E-state index contributed by atoms with van der Waals surface area (Å²) in [6, 6.07) is 19.5. The third-order valence-electron chi connectivity index (χ3n) is 4.45. The van der Waals surface area contributed by atoms with Gasteiger partial charge in [0.15, 0.2) is 0 Å². The van der Waals surface area contributed by atoms with Gasteiger partial charge in [0.05, 0.1) is 32.5 Å². The Hall–Kier alpha value is -2.41. The summed E-state index contributed by atoms with van der Waals surface area (Å²) < 4.78 is 17.7. The first-order chi connectivity index (χ1) is 13.3. The number of aliphatic hydroxyl groups excluding tert-OH is 1. The molecule has 0 amide bonds. The van der Waals surface area contributed by atoms with Crippen molar-refractivity contribution in [2.24, 2.45) is 5.11 Å².